The van der Waals surface area contributed by atoms with Gasteiger partial charge in [0.2, 0.25) is 5.69 Å². The molecule has 2 aromatic carbocycles. The van der Waals surface area contributed by atoms with E-state index in [9.17, 15) is 0 Å². The Bertz CT molecular complexity index is 1130. The molecule has 2 bridgehead atoms. The fourth-order valence-electron chi connectivity index (χ4n) is 6.15. The van der Waals surface area contributed by atoms with Gasteiger partial charge in [-0.05, 0) is 96.1 Å². The normalized spacial score (nSPS) is 23.5. The standard InChI is InChI=1S/C29H36N/c1-18-13-24(29(3,4)5)17-26(19(18)2)28-25-10-9-22(16-23(25)11-12-30(28)6)27-15-20-7-8-21(27)14-20/h9-13,16-17,20-21,27H,7-8,14-15H2,1-6H3/q+1. The topological polar surface area (TPSA) is 3.88 Å². The maximum Gasteiger partial charge on any atom is 0.220 e. The highest BCUT2D eigenvalue weighted by atomic mass is 14.9. The summed E-state index contributed by atoms with van der Waals surface area (Å²) < 4.78 is 2.31. The number of benzene rings is 2. The van der Waals surface area contributed by atoms with Crippen molar-refractivity contribution in [3.63, 3.8) is 0 Å². The predicted molar refractivity (Wildman–Crippen MR) is 127 cm³/mol. The molecule has 5 rings (SSSR count). The minimum atomic E-state index is 0.144. The van der Waals surface area contributed by atoms with E-state index in [1.165, 1.54) is 64.4 Å². The van der Waals surface area contributed by atoms with Crippen molar-refractivity contribution in [1.29, 1.82) is 0 Å². The molecule has 2 aliphatic rings. The number of hydrogen-bond donors (Lipinski definition) is 0. The SMILES string of the molecule is Cc1cc(C(C)(C)C)cc(-c2c3ccc(C4CC5CCC4C5)cc3cc[n+]2C)c1C. The molecule has 156 valence electrons. The van der Waals surface area contributed by atoms with Gasteiger partial charge < -0.3 is 0 Å². The molecule has 1 nitrogen and oxygen atoms in total. The molecule has 3 atom stereocenters. The van der Waals surface area contributed by atoms with E-state index in [0.717, 1.165) is 17.8 Å². The highest BCUT2D eigenvalue weighted by molar-refractivity contribution is 5.94. The summed E-state index contributed by atoms with van der Waals surface area (Å²) in [6.45, 7) is 11.5. The first kappa shape index (κ1) is 19.8. The maximum absolute atomic E-state index is 2.50. The van der Waals surface area contributed by atoms with Gasteiger partial charge in [-0.25, -0.2) is 4.57 Å². The highest BCUT2D eigenvalue weighted by Crippen LogP contribution is 2.53. The molecule has 30 heavy (non-hydrogen) atoms. The Hall–Kier alpha value is -2.15. The van der Waals surface area contributed by atoms with Crippen LogP contribution in [0.3, 0.4) is 0 Å². The Morgan fingerprint density at radius 2 is 1.73 bits per heavy atom. The second kappa shape index (κ2) is 6.94. The van der Waals surface area contributed by atoms with Gasteiger partial charge in [0.25, 0.3) is 0 Å². The number of aromatic nitrogens is 1. The Morgan fingerprint density at radius 3 is 2.40 bits per heavy atom. The monoisotopic (exact) mass is 398 g/mol. The summed E-state index contributed by atoms with van der Waals surface area (Å²) >= 11 is 0. The van der Waals surface area contributed by atoms with Crippen LogP contribution in [-0.2, 0) is 12.5 Å². The Morgan fingerprint density at radius 1 is 0.933 bits per heavy atom. The molecular formula is C29H36N+. The summed E-state index contributed by atoms with van der Waals surface area (Å²) in [5.41, 5.74) is 8.63. The predicted octanol–water partition coefficient (Wildman–Crippen LogP) is 7.15. The molecule has 3 unspecified atom stereocenters. The lowest BCUT2D eigenvalue weighted by molar-refractivity contribution is -0.659. The second-order valence-electron chi connectivity index (χ2n) is 11.1. The Balaban J connectivity index is 1.67. The molecule has 1 heteroatoms. The van der Waals surface area contributed by atoms with E-state index < -0.39 is 0 Å². The first-order chi connectivity index (χ1) is 14.2. The van der Waals surface area contributed by atoms with Crippen LogP contribution in [0.15, 0.2) is 42.6 Å². The molecule has 0 saturated heterocycles. The Kier molecular flexibility index (Phi) is 4.58. The fraction of sp³-hybridized carbons (Fsp3) is 0.483. The van der Waals surface area contributed by atoms with Crippen molar-refractivity contribution in [1.82, 2.24) is 0 Å². The molecule has 1 aromatic heterocycles. The van der Waals surface area contributed by atoms with Gasteiger partial charge in [-0.1, -0.05) is 45.4 Å². The third kappa shape index (κ3) is 3.18. The lowest BCUT2D eigenvalue weighted by Gasteiger charge is -2.23. The van der Waals surface area contributed by atoms with Gasteiger partial charge in [0, 0.05) is 6.07 Å². The molecule has 0 spiro atoms. The van der Waals surface area contributed by atoms with E-state index >= 15 is 0 Å². The van der Waals surface area contributed by atoms with E-state index in [0.29, 0.717) is 0 Å². The van der Waals surface area contributed by atoms with Crippen LogP contribution in [0.2, 0.25) is 0 Å². The van der Waals surface area contributed by atoms with Gasteiger partial charge in [-0.15, -0.1) is 0 Å². The van der Waals surface area contributed by atoms with E-state index in [4.69, 9.17) is 0 Å². The van der Waals surface area contributed by atoms with Crippen LogP contribution in [0.4, 0.5) is 0 Å². The van der Waals surface area contributed by atoms with Gasteiger partial charge in [0.1, 0.15) is 7.05 Å². The molecule has 0 radical (unpaired) electrons. The molecule has 0 aliphatic heterocycles. The number of fused-ring (bicyclic) bond motifs is 3. The van der Waals surface area contributed by atoms with Gasteiger partial charge in [0.05, 0.1) is 10.9 Å². The average Bonchev–Trinajstić information content (AvgIpc) is 3.33. The van der Waals surface area contributed by atoms with Crippen LogP contribution < -0.4 is 4.57 Å². The van der Waals surface area contributed by atoms with Crippen LogP contribution in [0.1, 0.15) is 74.6 Å². The van der Waals surface area contributed by atoms with Crippen molar-refractivity contribution in [3.8, 4) is 11.3 Å². The molecule has 1 heterocycles. The van der Waals surface area contributed by atoms with E-state index in [-0.39, 0.29) is 5.41 Å². The number of rotatable bonds is 2. The van der Waals surface area contributed by atoms with E-state index in [1.807, 2.05) is 0 Å². The van der Waals surface area contributed by atoms with Crippen LogP contribution in [0.25, 0.3) is 22.0 Å². The molecule has 0 N–H and O–H groups in total. The third-order valence-corrected chi connectivity index (χ3v) is 8.12. The van der Waals surface area contributed by atoms with Crippen LogP contribution in [0.5, 0.6) is 0 Å². The number of nitrogens with zero attached hydrogens (tertiary/aromatic N) is 1. The fourth-order valence-corrected chi connectivity index (χ4v) is 6.15. The number of pyridine rings is 1. The zero-order valence-corrected chi connectivity index (χ0v) is 19.5. The van der Waals surface area contributed by atoms with Gasteiger partial charge in [-0.2, -0.15) is 0 Å². The first-order valence-electron chi connectivity index (χ1n) is 11.8. The molecule has 3 aromatic rings. The summed E-state index contributed by atoms with van der Waals surface area (Å²) in [5, 5.41) is 2.77. The van der Waals surface area contributed by atoms with Crippen LogP contribution in [0, 0.1) is 25.7 Å². The van der Waals surface area contributed by atoms with Gasteiger partial charge in [0.15, 0.2) is 6.20 Å². The summed E-state index contributed by atoms with van der Waals surface area (Å²) in [5.74, 6) is 2.71. The smallest absolute Gasteiger partial charge is 0.200 e. The summed E-state index contributed by atoms with van der Waals surface area (Å²) in [7, 11) is 2.19. The van der Waals surface area contributed by atoms with Crippen molar-refractivity contribution in [2.45, 2.75) is 71.6 Å². The van der Waals surface area contributed by atoms with Crippen molar-refractivity contribution in [2.75, 3.05) is 0 Å². The zero-order valence-electron chi connectivity index (χ0n) is 19.5. The van der Waals surface area contributed by atoms with E-state index in [2.05, 4.69) is 88.8 Å². The number of aryl methyl sites for hydroxylation is 2. The minimum Gasteiger partial charge on any atom is -0.200 e. The lowest BCUT2D eigenvalue weighted by atomic mass is 9.81. The van der Waals surface area contributed by atoms with E-state index in [1.54, 1.807) is 5.56 Å². The maximum atomic E-state index is 2.50. The van der Waals surface area contributed by atoms with Crippen molar-refractivity contribution < 1.29 is 4.57 Å². The van der Waals surface area contributed by atoms with Crippen molar-refractivity contribution in [2.24, 2.45) is 18.9 Å². The molecule has 0 amide bonds. The van der Waals surface area contributed by atoms with Crippen LogP contribution >= 0.6 is 0 Å². The summed E-state index contributed by atoms with van der Waals surface area (Å²) in [4.78, 5) is 0. The number of hydrogen-bond acceptors (Lipinski definition) is 0. The van der Waals surface area contributed by atoms with Crippen molar-refractivity contribution in [3.05, 3.63) is 64.8 Å². The first-order valence-corrected chi connectivity index (χ1v) is 11.8. The molecule has 2 fully saturated rings. The molecule has 2 saturated carbocycles. The van der Waals surface area contributed by atoms with Crippen LogP contribution in [-0.4, -0.2) is 0 Å². The minimum absolute atomic E-state index is 0.144. The third-order valence-electron chi connectivity index (χ3n) is 8.12. The summed E-state index contributed by atoms with van der Waals surface area (Å²) in [6, 6.07) is 14.5. The average molecular weight is 399 g/mol. The summed E-state index contributed by atoms with van der Waals surface area (Å²) in [6.07, 6.45) is 8.05. The quantitative estimate of drug-likeness (QED) is 0.404. The highest BCUT2D eigenvalue weighted by Gasteiger charge is 2.40. The zero-order chi connectivity index (χ0) is 21.2. The van der Waals surface area contributed by atoms with Gasteiger partial charge in [-0.3, -0.25) is 0 Å². The Labute approximate surface area is 182 Å². The van der Waals surface area contributed by atoms with Crippen molar-refractivity contribution >= 4 is 10.8 Å². The second-order valence-corrected chi connectivity index (χ2v) is 11.1. The molecular weight excluding hydrogens is 362 g/mol. The molecule has 2 aliphatic carbocycles. The lowest BCUT2D eigenvalue weighted by Crippen LogP contribution is -2.31. The largest absolute Gasteiger partial charge is 0.220 e. The van der Waals surface area contributed by atoms with Gasteiger partial charge >= 0.3 is 0 Å².